The molecule has 0 saturated carbocycles. The van der Waals surface area contributed by atoms with Crippen LogP contribution in [0.15, 0.2) is 46.9 Å². The van der Waals surface area contributed by atoms with Crippen molar-refractivity contribution in [2.24, 2.45) is 0 Å². The summed E-state index contributed by atoms with van der Waals surface area (Å²) >= 11 is 0. The molecule has 2 aromatic carbocycles. The number of anilines is 1. The Hall–Kier alpha value is -3.26. The third kappa shape index (κ3) is 5.01. The Balaban J connectivity index is 1.42. The Kier molecular flexibility index (Phi) is 6.04. The number of aromatic nitrogens is 2. The minimum absolute atomic E-state index is 0.0462. The van der Waals surface area contributed by atoms with E-state index in [1.165, 1.54) is 18.2 Å². The van der Waals surface area contributed by atoms with E-state index in [1.54, 1.807) is 0 Å². The molecule has 4 rings (SSSR count). The summed E-state index contributed by atoms with van der Waals surface area (Å²) in [5, 5.41) is 13.4. The smallest absolute Gasteiger partial charge is 0.319 e. The van der Waals surface area contributed by atoms with Gasteiger partial charge in [-0.1, -0.05) is 29.8 Å². The number of hydrogen-bond acceptors (Lipinski definition) is 5. The summed E-state index contributed by atoms with van der Waals surface area (Å²) in [6, 6.07) is 11.8. The van der Waals surface area contributed by atoms with E-state index in [9.17, 15) is 9.18 Å². The summed E-state index contributed by atoms with van der Waals surface area (Å²) in [6.45, 7) is 3.18. The van der Waals surface area contributed by atoms with Crippen molar-refractivity contribution >= 4 is 11.7 Å². The molecule has 0 aliphatic carbocycles. The predicted octanol–water partition coefficient (Wildman–Crippen LogP) is 4.08. The fraction of sp³-hybridized carbons (Fsp3) is 0.318. The number of carbonyl (C=O) groups excluding carboxylic acids is 1. The van der Waals surface area contributed by atoms with E-state index in [0.717, 1.165) is 30.6 Å². The Morgan fingerprint density at radius 1 is 1.20 bits per heavy atom. The van der Waals surface area contributed by atoms with Crippen LogP contribution in [0.25, 0.3) is 11.5 Å². The molecule has 1 fully saturated rings. The van der Waals surface area contributed by atoms with Gasteiger partial charge in [0, 0.05) is 18.8 Å². The molecule has 1 aromatic heterocycles. The maximum Gasteiger partial charge on any atom is 0.319 e. The highest BCUT2D eigenvalue weighted by Gasteiger charge is 2.17. The van der Waals surface area contributed by atoms with E-state index in [2.05, 4.69) is 20.8 Å². The average molecular weight is 410 g/mol. The summed E-state index contributed by atoms with van der Waals surface area (Å²) in [7, 11) is 0. The second-order valence-electron chi connectivity index (χ2n) is 7.33. The van der Waals surface area contributed by atoms with Gasteiger partial charge in [0.15, 0.2) is 0 Å². The molecule has 1 unspecified atom stereocenters. The number of nitrogens with zero attached hydrogens (tertiary/aromatic N) is 2. The van der Waals surface area contributed by atoms with Crippen LogP contribution >= 0.6 is 0 Å². The molecule has 7 nitrogen and oxygen atoms in total. The zero-order valence-electron chi connectivity index (χ0n) is 16.7. The van der Waals surface area contributed by atoms with Crippen LogP contribution in [0.3, 0.4) is 0 Å². The van der Waals surface area contributed by atoms with E-state index in [-0.39, 0.29) is 23.6 Å². The Morgan fingerprint density at radius 2 is 2.03 bits per heavy atom. The molecular weight excluding hydrogens is 387 g/mol. The number of aryl methyl sites for hydroxylation is 1. The number of rotatable bonds is 6. The fourth-order valence-electron chi connectivity index (χ4n) is 3.27. The van der Waals surface area contributed by atoms with Crippen LogP contribution in [0.1, 0.15) is 29.9 Å². The van der Waals surface area contributed by atoms with E-state index in [0.29, 0.717) is 24.5 Å². The van der Waals surface area contributed by atoms with Gasteiger partial charge in [0.25, 0.3) is 5.89 Å². The summed E-state index contributed by atoms with van der Waals surface area (Å²) in [4.78, 5) is 12.1. The monoisotopic (exact) mass is 410 g/mol. The van der Waals surface area contributed by atoms with Crippen molar-refractivity contribution in [1.29, 1.82) is 0 Å². The molecule has 1 aliphatic heterocycles. The van der Waals surface area contributed by atoms with Crippen molar-refractivity contribution in [3.8, 4) is 11.5 Å². The number of halogens is 1. The highest BCUT2D eigenvalue weighted by Crippen LogP contribution is 2.25. The summed E-state index contributed by atoms with van der Waals surface area (Å²) in [5.41, 5.74) is 2.75. The SMILES string of the molecule is Cc1ccc(Cc2nnc(-c3cc(NC(=O)NCC4CCCO4)ccc3F)o2)cc1. The van der Waals surface area contributed by atoms with E-state index >= 15 is 0 Å². The van der Waals surface area contributed by atoms with Crippen LogP contribution in [0.2, 0.25) is 0 Å². The fourth-order valence-corrected chi connectivity index (χ4v) is 3.27. The Labute approximate surface area is 173 Å². The highest BCUT2D eigenvalue weighted by molar-refractivity contribution is 5.89. The van der Waals surface area contributed by atoms with Crippen molar-refractivity contribution in [2.45, 2.75) is 32.3 Å². The molecule has 0 bridgehead atoms. The summed E-state index contributed by atoms with van der Waals surface area (Å²) < 4.78 is 25.5. The second kappa shape index (κ2) is 9.04. The Bertz CT molecular complexity index is 1010. The van der Waals surface area contributed by atoms with Crippen LogP contribution in [0.4, 0.5) is 14.9 Å². The standard InChI is InChI=1S/C22H23FN4O3/c1-14-4-6-15(7-5-14)11-20-26-27-21(30-20)18-12-16(8-9-19(18)23)25-22(28)24-13-17-3-2-10-29-17/h4-9,12,17H,2-3,10-11,13H2,1H3,(H2,24,25,28). The number of ether oxygens (including phenoxy) is 1. The van der Waals surface area contributed by atoms with Gasteiger partial charge in [-0.25, -0.2) is 9.18 Å². The minimum atomic E-state index is -0.508. The maximum atomic E-state index is 14.4. The van der Waals surface area contributed by atoms with E-state index < -0.39 is 5.82 Å². The van der Waals surface area contributed by atoms with Gasteiger partial charge >= 0.3 is 6.03 Å². The predicted molar refractivity (Wildman–Crippen MR) is 110 cm³/mol. The van der Waals surface area contributed by atoms with Gasteiger partial charge < -0.3 is 19.8 Å². The molecule has 2 N–H and O–H groups in total. The lowest BCUT2D eigenvalue weighted by atomic mass is 10.1. The molecule has 3 aromatic rings. The van der Waals surface area contributed by atoms with Crippen molar-refractivity contribution in [1.82, 2.24) is 15.5 Å². The van der Waals surface area contributed by atoms with Crippen molar-refractivity contribution in [3.05, 3.63) is 65.3 Å². The lowest BCUT2D eigenvalue weighted by Crippen LogP contribution is -2.35. The first-order chi connectivity index (χ1) is 14.6. The van der Waals surface area contributed by atoms with Gasteiger partial charge in [0.05, 0.1) is 18.1 Å². The zero-order valence-corrected chi connectivity index (χ0v) is 16.7. The average Bonchev–Trinajstić information content (AvgIpc) is 3.42. The van der Waals surface area contributed by atoms with Crippen LogP contribution in [0.5, 0.6) is 0 Å². The molecule has 1 atom stereocenters. The van der Waals surface area contributed by atoms with Gasteiger partial charge in [0.2, 0.25) is 5.89 Å². The number of benzene rings is 2. The van der Waals surface area contributed by atoms with E-state index in [4.69, 9.17) is 9.15 Å². The lowest BCUT2D eigenvalue weighted by molar-refractivity contribution is 0.112. The lowest BCUT2D eigenvalue weighted by Gasteiger charge is -2.12. The molecule has 1 aliphatic rings. The van der Waals surface area contributed by atoms with Gasteiger partial charge in [-0.3, -0.25) is 0 Å². The van der Waals surface area contributed by atoms with Gasteiger partial charge in [-0.05, 0) is 43.5 Å². The van der Waals surface area contributed by atoms with Gasteiger partial charge in [-0.2, -0.15) is 0 Å². The molecule has 0 radical (unpaired) electrons. The van der Waals surface area contributed by atoms with Crippen LogP contribution in [-0.4, -0.2) is 35.5 Å². The molecule has 156 valence electrons. The molecule has 2 heterocycles. The zero-order chi connectivity index (χ0) is 20.9. The molecular formula is C22H23FN4O3. The van der Waals surface area contributed by atoms with Crippen LogP contribution < -0.4 is 10.6 Å². The number of hydrogen-bond donors (Lipinski definition) is 2. The molecule has 0 spiro atoms. The number of carbonyl (C=O) groups is 1. The summed E-state index contributed by atoms with van der Waals surface area (Å²) in [5.74, 6) is -0.0511. The maximum absolute atomic E-state index is 14.4. The Morgan fingerprint density at radius 3 is 2.80 bits per heavy atom. The van der Waals surface area contributed by atoms with Crippen LogP contribution in [0, 0.1) is 12.7 Å². The summed E-state index contributed by atoms with van der Waals surface area (Å²) in [6.07, 6.45) is 2.44. The highest BCUT2D eigenvalue weighted by atomic mass is 19.1. The van der Waals surface area contributed by atoms with E-state index in [1.807, 2.05) is 31.2 Å². The third-order valence-corrected chi connectivity index (χ3v) is 4.91. The first kappa shape index (κ1) is 20.0. The third-order valence-electron chi connectivity index (χ3n) is 4.91. The first-order valence-corrected chi connectivity index (χ1v) is 9.91. The van der Waals surface area contributed by atoms with Crippen molar-refractivity contribution in [2.75, 3.05) is 18.5 Å². The molecule has 2 amide bonds. The molecule has 8 heteroatoms. The number of nitrogens with one attached hydrogen (secondary N) is 2. The first-order valence-electron chi connectivity index (χ1n) is 9.91. The quantitative estimate of drug-likeness (QED) is 0.639. The molecule has 30 heavy (non-hydrogen) atoms. The van der Waals surface area contributed by atoms with Crippen molar-refractivity contribution < 1.29 is 18.3 Å². The molecule has 1 saturated heterocycles. The largest absolute Gasteiger partial charge is 0.420 e. The minimum Gasteiger partial charge on any atom is -0.420 e. The van der Waals surface area contributed by atoms with Gasteiger partial charge in [-0.15, -0.1) is 10.2 Å². The van der Waals surface area contributed by atoms with Gasteiger partial charge in [0.1, 0.15) is 5.82 Å². The normalized spacial score (nSPS) is 15.9. The van der Waals surface area contributed by atoms with Crippen LogP contribution in [-0.2, 0) is 11.2 Å². The van der Waals surface area contributed by atoms with Crippen molar-refractivity contribution in [3.63, 3.8) is 0 Å². The number of urea groups is 1. The topological polar surface area (TPSA) is 89.3 Å². The number of amides is 2. The second-order valence-corrected chi connectivity index (χ2v) is 7.33.